The molecule has 1 aromatic carbocycles. The molecule has 1 rings (SSSR count). The van der Waals surface area contributed by atoms with Crippen molar-refractivity contribution in [3.8, 4) is 0 Å². The van der Waals surface area contributed by atoms with Crippen LogP contribution in [0.15, 0.2) is 18.2 Å². The second-order valence-electron chi connectivity index (χ2n) is 6.60. The highest BCUT2D eigenvalue weighted by Crippen LogP contribution is 2.64. The number of carbonyl (C=O) groups excluding carboxylic acids is 1. The topological polar surface area (TPSA) is 29.1 Å². The zero-order valence-corrected chi connectivity index (χ0v) is 16.6. The lowest BCUT2D eigenvalue weighted by atomic mass is 9.89. The molecule has 0 saturated heterocycles. The normalized spacial score (nSPS) is 15.2. The molecule has 0 atom stereocenters. The summed E-state index contributed by atoms with van der Waals surface area (Å²) >= 11 is 5.12. The zero-order valence-electron chi connectivity index (χ0n) is 15.8. The molecule has 36 heavy (non-hydrogen) atoms. The summed E-state index contributed by atoms with van der Waals surface area (Å²) in [6.45, 7) is 0. The molecule has 0 aromatic heterocycles. The predicted molar refractivity (Wildman–Crippen MR) is 80.7 cm³/mol. The van der Waals surface area contributed by atoms with Crippen LogP contribution < -0.4 is 5.32 Å². The van der Waals surface area contributed by atoms with Crippen molar-refractivity contribution in [3.63, 3.8) is 0 Å². The number of halogens is 19. The summed E-state index contributed by atoms with van der Waals surface area (Å²) in [4.78, 5) is 11.3. The van der Waals surface area contributed by atoms with Crippen molar-refractivity contribution >= 4 is 23.2 Å². The summed E-state index contributed by atoms with van der Waals surface area (Å²) in [7, 11) is 0. The van der Waals surface area contributed by atoms with Crippen molar-refractivity contribution in [2.45, 2.75) is 47.6 Å². The number of carbonyl (C=O) groups is 1. The van der Waals surface area contributed by atoms with Crippen LogP contribution in [0.4, 0.5) is 84.7 Å². The number of nitrogens with one attached hydrogen (secondary N) is 1. The van der Waals surface area contributed by atoms with Gasteiger partial charge < -0.3 is 5.32 Å². The van der Waals surface area contributed by atoms with E-state index in [1.807, 2.05) is 0 Å². The molecule has 0 aliphatic heterocycles. The molecule has 0 saturated carbocycles. The minimum absolute atomic E-state index is 0.143. The zero-order chi connectivity index (χ0) is 29.1. The van der Waals surface area contributed by atoms with Crippen LogP contribution >= 0.6 is 11.6 Å². The summed E-state index contributed by atoms with van der Waals surface area (Å²) in [5, 5.41) is -0.459. The lowest BCUT2D eigenvalue weighted by Crippen LogP contribution is -2.75. The summed E-state index contributed by atoms with van der Waals surface area (Å²) < 4.78 is 237. The second-order valence-corrected chi connectivity index (χ2v) is 7.01. The van der Waals surface area contributed by atoms with Crippen LogP contribution in [0.25, 0.3) is 0 Å². The van der Waals surface area contributed by atoms with Crippen LogP contribution in [0.3, 0.4) is 0 Å². The number of alkyl halides is 17. The van der Waals surface area contributed by atoms with Gasteiger partial charge in [0, 0.05) is 5.69 Å². The van der Waals surface area contributed by atoms with Gasteiger partial charge in [-0.3, -0.25) is 4.79 Å². The van der Waals surface area contributed by atoms with E-state index in [1.165, 1.54) is 0 Å². The molecule has 208 valence electrons. The standard InChI is InChI=1S/C15H4ClF18NO/c16-5-3-4(1-2-6(5)17)35-7(36)8(18,19)9(20,21)10(22,23)11(24,25)12(26,27)13(28,29)14(30,31)15(32,33)34/h1-3H,(H,35,36). The van der Waals surface area contributed by atoms with E-state index in [9.17, 15) is 83.8 Å². The average molecular weight is 592 g/mol. The van der Waals surface area contributed by atoms with E-state index in [0.29, 0.717) is 5.32 Å². The Morgan fingerprint density at radius 2 is 0.972 bits per heavy atom. The molecule has 1 amide bonds. The van der Waals surface area contributed by atoms with Crippen LogP contribution in [0.2, 0.25) is 5.02 Å². The maximum absolute atomic E-state index is 13.8. The van der Waals surface area contributed by atoms with Gasteiger partial charge in [0.05, 0.1) is 5.02 Å². The van der Waals surface area contributed by atoms with Crippen molar-refractivity contribution in [1.82, 2.24) is 0 Å². The number of benzene rings is 1. The Bertz CT molecular complexity index is 1000. The van der Waals surface area contributed by atoms with Crippen LogP contribution in [-0.4, -0.2) is 53.5 Å². The fourth-order valence-electron chi connectivity index (χ4n) is 2.09. The minimum Gasteiger partial charge on any atom is -0.321 e. The van der Waals surface area contributed by atoms with Crippen molar-refractivity contribution in [3.05, 3.63) is 29.0 Å². The molecule has 0 radical (unpaired) electrons. The fourth-order valence-corrected chi connectivity index (χ4v) is 2.27. The second kappa shape index (κ2) is 8.64. The van der Waals surface area contributed by atoms with Crippen molar-refractivity contribution in [2.24, 2.45) is 0 Å². The van der Waals surface area contributed by atoms with Crippen LogP contribution in [0, 0.1) is 5.82 Å². The van der Waals surface area contributed by atoms with Gasteiger partial charge in [-0.25, -0.2) is 4.39 Å². The van der Waals surface area contributed by atoms with E-state index in [4.69, 9.17) is 11.6 Å². The first-order valence-electron chi connectivity index (χ1n) is 8.03. The minimum atomic E-state index is -8.80. The number of anilines is 1. The molecule has 21 heteroatoms. The Labute approximate surface area is 190 Å². The summed E-state index contributed by atoms with van der Waals surface area (Å²) in [6.07, 6.45) is -7.87. The van der Waals surface area contributed by atoms with Gasteiger partial charge in [0.2, 0.25) is 0 Å². The maximum Gasteiger partial charge on any atom is 0.460 e. The highest BCUT2D eigenvalue weighted by atomic mass is 35.5. The fraction of sp³-hybridized carbons (Fsp3) is 0.533. The molecule has 0 aliphatic rings. The molecule has 0 unspecified atom stereocenters. The van der Waals surface area contributed by atoms with Crippen LogP contribution in [0.1, 0.15) is 0 Å². The third kappa shape index (κ3) is 4.27. The maximum atomic E-state index is 13.8. The highest BCUT2D eigenvalue weighted by Gasteiger charge is 2.95. The molecule has 0 bridgehead atoms. The van der Waals surface area contributed by atoms with E-state index in [1.54, 1.807) is 0 Å². The molecule has 2 nitrogen and oxygen atoms in total. The van der Waals surface area contributed by atoms with E-state index in [-0.39, 0.29) is 18.2 Å². The van der Waals surface area contributed by atoms with E-state index in [0.717, 1.165) is 0 Å². The third-order valence-corrected chi connectivity index (χ3v) is 4.47. The van der Waals surface area contributed by atoms with E-state index >= 15 is 0 Å². The lowest BCUT2D eigenvalue weighted by Gasteiger charge is -2.42. The van der Waals surface area contributed by atoms with E-state index < -0.39 is 70.1 Å². The molecule has 1 N–H and O–H groups in total. The molecule has 0 heterocycles. The Kier molecular flexibility index (Phi) is 7.62. The average Bonchev–Trinajstić information content (AvgIpc) is 2.68. The largest absolute Gasteiger partial charge is 0.460 e. The van der Waals surface area contributed by atoms with Gasteiger partial charge in [0.1, 0.15) is 5.82 Å². The number of hydrogen-bond donors (Lipinski definition) is 1. The summed E-state index contributed by atoms with van der Waals surface area (Å²) in [6, 6.07) is 0.609. The van der Waals surface area contributed by atoms with Gasteiger partial charge in [0.25, 0.3) is 0 Å². The Hall–Kier alpha value is -2.28. The first-order chi connectivity index (χ1) is 15.6. The van der Waals surface area contributed by atoms with Gasteiger partial charge in [-0.05, 0) is 18.2 Å². The van der Waals surface area contributed by atoms with Crippen molar-refractivity contribution in [2.75, 3.05) is 5.32 Å². The smallest absolute Gasteiger partial charge is 0.321 e. The lowest BCUT2D eigenvalue weighted by molar-refractivity contribution is -0.459. The van der Waals surface area contributed by atoms with Crippen molar-refractivity contribution < 1.29 is 83.8 Å². The molecular formula is C15H4ClF18NO. The number of amides is 1. The Balaban J connectivity index is 3.58. The van der Waals surface area contributed by atoms with Crippen LogP contribution in [-0.2, 0) is 4.79 Å². The van der Waals surface area contributed by atoms with Gasteiger partial charge in [-0.2, -0.15) is 74.6 Å². The summed E-state index contributed by atoms with van der Waals surface area (Å²) in [5.41, 5.74) is -1.24. The number of rotatable bonds is 8. The monoisotopic (exact) mass is 591 g/mol. The molecule has 0 aliphatic carbocycles. The molecular weight excluding hydrogens is 588 g/mol. The first kappa shape index (κ1) is 31.7. The molecule has 1 aromatic rings. The molecule has 0 spiro atoms. The third-order valence-electron chi connectivity index (χ3n) is 4.18. The van der Waals surface area contributed by atoms with Gasteiger partial charge in [0.15, 0.2) is 0 Å². The van der Waals surface area contributed by atoms with Gasteiger partial charge in [-0.15, -0.1) is 0 Å². The quantitative estimate of drug-likeness (QED) is 0.313. The van der Waals surface area contributed by atoms with Crippen LogP contribution in [0.5, 0.6) is 0 Å². The SMILES string of the molecule is O=C(Nc1ccc(F)c(Cl)c1)C(F)(F)C(F)(F)C(F)(F)C(F)(F)C(F)(F)C(F)(F)C(F)(F)C(F)(F)F. The molecule has 0 fully saturated rings. The first-order valence-corrected chi connectivity index (χ1v) is 8.41. The van der Waals surface area contributed by atoms with E-state index in [2.05, 4.69) is 0 Å². The predicted octanol–water partition coefficient (Wildman–Crippen LogP) is 7.43. The van der Waals surface area contributed by atoms with Gasteiger partial charge in [-0.1, -0.05) is 11.6 Å². The van der Waals surface area contributed by atoms with Gasteiger partial charge >= 0.3 is 53.5 Å². The van der Waals surface area contributed by atoms with Crippen molar-refractivity contribution in [1.29, 1.82) is 0 Å². The Morgan fingerprint density at radius 3 is 1.33 bits per heavy atom. The summed E-state index contributed by atoms with van der Waals surface area (Å²) in [5.74, 6) is -63.7. The Morgan fingerprint density at radius 1 is 0.611 bits per heavy atom. The number of hydrogen-bond acceptors (Lipinski definition) is 1. The highest BCUT2D eigenvalue weighted by molar-refractivity contribution is 6.31.